The molecule has 0 fully saturated rings. The van der Waals surface area contributed by atoms with Crippen LogP contribution in [0.4, 0.5) is 0 Å². The SMILES string of the molecule is O=C(CO)c1ccc(S[I-]C(=O)c2ccccc2)cc1. The number of carbonyl (C=O) groups is 2. The Bertz CT molecular complexity index is 596. The normalized spacial score (nSPS) is 10.4. The Labute approximate surface area is 130 Å². The van der Waals surface area contributed by atoms with Crippen molar-refractivity contribution in [1.82, 2.24) is 0 Å². The van der Waals surface area contributed by atoms with Crippen LogP contribution in [0, 0.1) is 0 Å². The summed E-state index contributed by atoms with van der Waals surface area (Å²) in [6.07, 6.45) is 0. The van der Waals surface area contributed by atoms with Crippen LogP contribution in [-0.4, -0.2) is 21.3 Å². The third-order valence-corrected chi connectivity index (χ3v) is 7.19. The summed E-state index contributed by atoms with van der Waals surface area (Å²) < 4.78 is 0.185. The Morgan fingerprint density at radius 2 is 1.60 bits per heavy atom. The van der Waals surface area contributed by atoms with Gasteiger partial charge in [0.1, 0.15) is 0 Å². The Morgan fingerprint density at radius 3 is 2.20 bits per heavy atom. The monoisotopic (exact) mass is 399 g/mol. The van der Waals surface area contributed by atoms with E-state index in [2.05, 4.69) is 0 Å². The molecule has 0 spiro atoms. The van der Waals surface area contributed by atoms with Gasteiger partial charge in [0, 0.05) is 0 Å². The van der Waals surface area contributed by atoms with Crippen molar-refractivity contribution in [1.29, 1.82) is 0 Å². The van der Waals surface area contributed by atoms with Crippen LogP contribution in [-0.2, 0) is 0 Å². The number of halogens is 1. The van der Waals surface area contributed by atoms with Gasteiger partial charge in [-0.2, -0.15) is 0 Å². The molecule has 0 aliphatic rings. The Morgan fingerprint density at radius 1 is 0.950 bits per heavy atom. The van der Waals surface area contributed by atoms with Gasteiger partial charge in [-0.15, -0.1) is 0 Å². The molecule has 0 aliphatic heterocycles. The number of ketones is 1. The molecule has 0 saturated carbocycles. The molecule has 2 aromatic rings. The molecule has 104 valence electrons. The van der Waals surface area contributed by atoms with Crippen LogP contribution in [0.2, 0.25) is 0 Å². The minimum absolute atomic E-state index is 0.185. The predicted molar refractivity (Wildman–Crippen MR) is 74.5 cm³/mol. The van der Waals surface area contributed by atoms with Gasteiger partial charge in [0.25, 0.3) is 0 Å². The van der Waals surface area contributed by atoms with Crippen LogP contribution in [0.1, 0.15) is 20.7 Å². The van der Waals surface area contributed by atoms with Gasteiger partial charge in [0.2, 0.25) is 0 Å². The number of rotatable bonds is 6. The molecule has 5 heteroatoms. The van der Waals surface area contributed by atoms with E-state index in [1.807, 2.05) is 42.5 Å². The van der Waals surface area contributed by atoms with E-state index in [1.54, 1.807) is 12.1 Å². The number of carbonyl (C=O) groups excluding carboxylic acids is 2. The summed E-state index contributed by atoms with van der Waals surface area (Å²) >= 11 is -0.681. The number of Topliss-reactive ketones (excluding diaryl/α,β-unsaturated/α-hetero) is 1. The molecule has 0 unspecified atom stereocenters. The second-order valence-electron chi connectivity index (χ2n) is 3.90. The Balaban J connectivity index is 1.94. The Kier molecular flexibility index (Phi) is 5.75. The maximum absolute atomic E-state index is 12.0. The number of hydrogen-bond donors (Lipinski definition) is 1. The molecule has 2 rings (SSSR count). The Hall–Kier alpha value is -1.18. The van der Waals surface area contributed by atoms with Gasteiger partial charge < -0.3 is 0 Å². The minimum atomic E-state index is -0.681. The number of aliphatic hydroxyl groups excluding tert-OH is 1. The van der Waals surface area contributed by atoms with Gasteiger partial charge in [-0.25, -0.2) is 0 Å². The average Bonchev–Trinajstić information content (AvgIpc) is 2.53. The van der Waals surface area contributed by atoms with Crippen molar-refractivity contribution in [2.24, 2.45) is 0 Å². The molecule has 0 bridgehead atoms. The van der Waals surface area contributed by atoms with E-state index >= 15 is 0 Å². The molecular formula is C15H12IO3S-. The number of hydrogen-bond acceptors (Lipinski definition) is 4. The van der Waals surface area contributed by atoms with Crippen LogP contribution in [0.5, 0.6) is 0 Å². The third kappa shape index (κ3) is 4.16. The quantitative estimate of drug-likeness (QED) is 0.416. The van der Waals surface area contributed by atoms with E-state index in [9.17, 15) is 9.59 Å². The molecule has 0 amide bonds. The number of benzene rings is 2. The topological polar surface area (TPSA) is 54.4 Å². The zero-order valence-corrected chi connectivity index (χ0v) is 13.4. The second-order valence-corrected chi connectivity index (χ2v) is 8.30. The first-order valence-electron chi connectivity index (χ1n) is 5.86. The maximum atomic E-state index is 12.0. The van der Waals surface area contributed by atoms with Crippen molar-refractivity contribution in [3.05, 3.63) is 65.7 Å². The average molecular weight is 399 g/mol. The molecule has 2 aromatic carbocycles. The number of aliphatic hydroxyl groups is 1. The zero-order chi connectivity index (χ0) is 14.4. The van der Waals surface area contributed by atoms with E-state index < -0.39 is 26.4 Å². The fourth-order valence-electron chi connectivity index (χ4n) is 1.48. The molecule has 0 saturated heterocycles. The van der Waals surface area contributed by atoms with Crippen molar-refractivity contribution in [3.8, 4) is 0 Å². The molecule has 0 atom stereocenters. The van der Waals surface area contributed by atoms with E-state index in [0.717, 1.165) is 10.5 Å². The zero-order valence-electron chi connectivity index (χ0n) is 10.5. The van der Waals surface area contributed by atoms with Crippen LogP contribution in [0.15, 0.2) is 59.5 Å². The van der Waals surface area contributed by atoms with Crippen molar-refractivity contribution >= 4 is 18.5 Å². The van der Waals surface area contributed by atoms with Crippen molar-refractivity contribution in [2.75, 3.05) is 6.61 Å². The molecule has 1 N–H and O–H groups in total. The van der Waals surface area contributed by atoms with Gasteiger partial charge in [0.05, 0.1) is 0 Å². The fourth-order valence-corrected chi connectivity index (χ4v) is 5.33. The van der Waals surface area contributed by atoms with Crippen LogP contribution >= 0.6 is 8.93 Å². The molecular weight excluding hydrogens is 387 g/mol. The molecule has 0 aliphatic carbocycles. The van der Waals surface area contributed by atoms with Crippen molar-refractivity contribution in [2.45, 2.75) is 4.90 Å². The summed E-state index contributed by atoms with van der Waals surface area (Å²) in [4.78, 5) is 24.2. The summed E-state index contributed by atoms with van der Waals surface area (Å²) in [6, 6.07) is 16.2. The first-order chi connectivity index (χ1) is 9.70. The summed E-state index contributed by atoms with van der Waals surface area (Å²) in [5.74, 6) is -0.295. The van der Waals surface area contributed by atoms with Crippen LogP contribution < -0.4 is 19.8 Å². The van der Waals surface area contributed by atoms with E-state index in [4.69, 9.17) is 5.11 Å². The van der Waals surface area contributed by atoms with Gasteiger partial charge in [0.15, 0.2) is 0 Å². The van der Waals surface area contributed by atoms with E-state index in [0.29, 0.717) is 5.56 Å². The van der Waals surface area contributed by atoms with Gasteiger partial charge >= 0.3 is 130 Å². The summed E-state index contributed by atoms with van der Waals surface area (Å²) in [7, 11) is 1.54. The van der Waals surface area contributed by atoms with Crippen LogP contribution in [0.3, 0.4) is 0 Å². The summed E-state index contributed by atoms with van der Waals surface area (Å²) in [5.41, 5.74) is 1.24. The summed E-state index contributed by atoms with van der Waals surface area (Å²) in [5, 5.41) is 8.77. The van der Waals surface area contributed by atoms with E-state index in [-0.39, 0.29) is 9.57 Å². The third-order valence-electron chi connectivity index (χ3n) is 2.52. The summed E-state index contributed by atoms with van der Waals surface area (Å²) in [6.45, 7) is -0.480. The molecule has 0 aromatic heterocycles. The first kappa shape index (κ1) is 15.2. The first-order valence-corrected chi connectivity index (χ1v) is 10.3. The van der Waals surface area contributed by atoms with Gasteiger partial charge in [-0.3, -0.25) is 0 Å². The molecule has 0 radical (unpaired) electrons. The van der Waals surface area contributed by atoms with E-state index in [1.165, 1.54) is 8.93 Å². The molecule has 3 nitrogen and oxygen atoms in total. The van der Waals surface area contributed by atoms with Gasteiger partial charge in [-0.1, -0.05) is 0 Å². The van der Waals surface area contributed by atoms with Crippen LogP contribution in [0.25, 0.3) is 0 Å². The molecule has 0 heterocycles. The van der Waals surface area contributed by atoms with Crippen molar-refractivity contribution < 1.29 is 34.5 Å². The second kappa shape index (κ2) is 7.56. The molecule has 20 heavy (non-hydrogen) atoms. The van der Waals surface area contributed by atoms with Gasteiger partial charge in [-0.05, 0) is 0 Å². The predicted octanol–water partition coefficient (Wildman–Crippen LogP) is -0.202. The fraction of sp³-hybridized carbons (Fsp3) is 0.0667. The van der Waals surface area contributed by atoms with Crippen molar-refractivity contribution in [3.63, 3.8) is 0 Å². The standard InChI is InChI=1S/C15H12IO3S/c17-10-14(18)11-6-8-13(9-7-11)20-16-15(19)12-4-2-1-3-5-12/h1-9,17H,10H2/q-1.